The molecule has 0 aromatic carbocycles. The van der Waals surface area contributed by atoms with E-state index >= 15 is 0 Å². The number of ether oxygens (including phenoxy) is 1. The van der Waals surface area contributed by atoms with Gasteiger partial charge in [-0.2, -0.15) is 0 Å². The molecule has 1 atom stereocenters. The van der Waals surface area contributed by atoms with Crippen LogP contribution in [0, 0.1) is 0 Å². The number of nitrogens with zero attached hydrogens (tertiary/aromatic N) is 2. The van der Waals surface area contributed by atoms with Crippen molar-refractivity contribution in [2.24, 2.45) is 4.99 Å². The predicted octanol–water partition coefficient (Wildman–Crippen LogP) is 2.48. The van der Waals surface area contributed by atoms with Crippen molar-refractivity contribution in [2.75, 3.05) is 39.4 Å². The summed E-state index contributed by atoms with van der Waals surface area (Å²) in [7, 11) is 0. The van der Waals surface area contributed by atoms with Gasteiger partial charge in [0.15, 0.2) is 5.96 Å². The Kier molecular flexibility index (Phi) is 6.87. The van der Waals surface area contributed by atoms with Gasteiger partial charge in [0.25, 0.3) is 0 Å². The van der Waals surface area contributed by atoms with Crippen LogP contribution in [0.25, 0.3) is 0 Å². The minimum absolute atomic E-state index is 0.00159. The Bertz CT molecular complexity index is 475. The predicted molar refractivity (Wildman–Crippen MR) is 98.3 cm³/mol. The largest absolute Gasteiger partial charge is 0.379 e. The van der Waals surface area contributed by atoms with Crippen LogP contribution in [0.1, 0.15) is 38.6 Å². The number of nitrogens with one attached hydrogen (secondary N) is 2. The summed E-state index contributed by atoms with van der Waals surface area (Å²) in [5, 5.41) is 8.95. The molecule has 1 fully saturated rings. The molecule has 1 aliphatic rings. The molecule has 5 nitrogen and oxygen atoms in total. The average molecular weight is 339 g/mol. The van der Waals surface area contributed by atoms with Crippen molar-refractivity contribution in [3.63, 3.8) is 0 Å². The first kappa shape index (κ1) is 18.2. The van der Waals surface area contributed by atoms with Crippen LogP contribution in [-0.4, -0.2) is 55.8 Å². The van der Waals surface area contributed by atoms with Crippen molar-refractivity contribution >= 4 is 17.3 Å². The third-order valence-corrected chi connectivity index (χ3v) is 4.59. The van der Waals surface area contributed by atoms with E-state index in [4.69, 9.17) is 9.73 Å². The lowest BCUT2D eigenvalue weighted by Gasteiger charge is -2.33. The quantitative estimate of drug-likeness (QED) is 0.640. The second-order valence-electron chi connectivity index (χ2n) is 6.77. The number of rotatable bonds is 5. The second kappa shape index (κ2) is 8.66. The number of thiophene rings is 1. The van der Waals surface area contributed by atoms with E-state index < -0.39 is 0 Å². The Balaban J connectivity index is 2.10. The highest BCUT2D eigenvalue weighted by Crippen LogP contribution is 2.26. The maximum Gasteiger partial charge on any atom is 0.191 e. The molecular weight excluding hydrogens is 308 g/mol. The van der Waals surface area contributed by atoms with E-state index in [2.05, 4.69) is 60.7 Å². The normalized spacial score (nSPS) is 18.7. The summed E-state index contributed by atoms with van der Waals surface area (Å²) in [4.78, 5) is 8.71. The summed E-state index contributed by atoms with van der Waals surface area (Å²) in [6.45, 7) is 13.7. The lowest BCUT2D eigenvalue weighted by atomic mass is 10.1. The van der Waals surface area contributed by atoms with Gasteiger partial charge < -0.3 is 15.4 Å². The number of hydrogen-bond acceptors (Lipinski definition) is 4. The first-order chi connectivity index (χ1) is 11.0. The molecule has 0 amide bonds. The standard InChI is InChI=1S/C17H30N4OS/c1-5-18-16(20-17(2,3)4)19-13-14(15-7-6-12-23-15)21-8-10-22-11-9-21/h6-7,12,14H,5,8-11,13H2,1-4H3,(H2,18,19,20). The fourth-order valence-electron chi connectivity index (χ4n) is 2.60. The molecule has 6 heteroatoms. The van der Waals surface area contributed by atoms with Crippen LogP contribution in [0.2, 0.25) is 0 Å². The molecule has 0 saturated carbocycles. The summed E-state index contributed by atoms with van der Waals surface area (Å²) in [5.74, 6) is 0.884. The zero-order valence-electron chi connectivity index (χ0n) is 14.8. The maximum absolute atomic E-state index is 5.50. The summed E-state index contributed by atoms with van der Waals surface area (Å²) < 4.78 is 5.50. The molecule has 0 aliphatic carbocycles. The van der Waals surface area contributed by atoms with Crippen molar-refractivity contribution in [3.05, 3.63) is 22.4 Å². The molecule has 1 aliphatic heterocycles. The monoisotopic (exact) mass is 338 g/mol. The molecule has 1 saturated heterocycles. The fourth-order valence-corrected chi connectivity index (χ4v) is 3.45. The zero-order chi connectivity index (χ0) is 16.7. The van der Waals surface area contributed by atoms with Gasteiger partial charge in [0.2, 0.25) is 0 Å². The Labute approximate surface area is 144 Å². The minimum atomic E-state index is -0.00159. The topological polar surface area (TPSA) is 48.9 Å². The van der Waals surface area contributed by atoms with Crippen LogP contribution in [0.3, 0.4) is 0 Å². The molecule has 1 unspecified atom stereocenters. The van der Waals surface area contributed by atoms with Gasteiger partial charge in [0, 0.05) is 30.1 Å². The van der Waals surface area contributed by atoms with Gasteiger partial charge in [0.1, 0.15) is 0 Å². The number of aliphatic imine (C=N–C) groups is 1. The average Bonchev–Trinajstić information content (AvgIpc) is 3.01. The molecule has 130 valence electrons. The SMILES string of the molecule is CCNC(=NCC(c1cccs1)N1CCOCC1)NC(C)(C)C. The van der Waals surface area contributed by atoms with Gasteiger partial charge in [0.05, 0.1) is 25.8 Å². The zero-order valence-corrected chi connectivity index (χ0v) is 15.6. The van der Waals surface area contributed by atoms with Gasteiger partial charge in [-0.05, 0) is 39.1 Å². The van der Waals surface area contributed by atoms with E-state index in [0.29, 0.717) is 6.04 Å². The minimum Gasteiger partial charge on any atom is -0.379 e. The number of morpholine rings is 1. The molecule has 1 aromatic rings. The van der Waals surface area contributed by atoms with Gasteiger partial charge in [-0.25, -0.2) is 0 Å². The van der Waals surface area contributed by atoms with Gasteiger partial charge in [-0.15, -0.1) is 11.3 Å². The Morgan fingerprint density at radius 1 is 1.39 bits per heavy atom. The van der Waals surface area contributed by atoms with Crippen molar-refractivity contribution in [2.45, 2.75) is 39.3 Å². The van der Waals surface area contributed by atoms with Crippen LogP contribution in [0.5, 0.6) is 0 Å². The molecular formula is C17H30N4OS. The molecule has 0 spiro atoms. The summed E-state index contributed by atoms with van der Waals surface area (Å²) in [6.07, 6.45) is 0. The maximum atomic E-state index is 5.50. The molecule has 0 radical (unpaired) electrons. The van der Waals surface area contributed by atoms with E-state index in [-0.39, 0.29) is 5.54 Å². The highest BCUT2D eigenvalue weighted by Gasteiger charge is 2.23. The van der Waals surface area contributed by atoms with Crippen LogP contribution >= 0.6 is 11.3 Å². The van der Waals surface area contributed by atoms with Crippen molar-refractivity contribution in [1.29, 1.82) is 0 Å². The number of hydrogen-bond donors (Lipinski definition) is 2. The smallest absolute Gasteiger partial charge is 0.191 e. The Morgan fingerprint density at radius 3 is 2.70 bits per heavy atom. The lowest BCUT2D eigenvalue weighted by molar-refractivity contribution is 0.0186. The highest BCUT2D eigenvalue weighted by atomic mass is 32.1. The molecule has 1 aromatic heterocycles. The first-order valence-corrected chi connectivity index (χ1v) is 9.29. The summed E-state index contributed by atoms with van der Waals surface area (Å²) in [5.41, 5.74) is -0.00159. The second-order valence-corrected chi connectivity index (χ2v) is 7.75. The molecule has 23 heavy (non-hydrogen) atoms. The van der Waals surface area contributed by atoms with Crippen molar-refractivity contribution in [3.8, 4) is 0 Å². The molecule has 2 rings (SSSR count). The third-order valence-electron chi connectivity index (χ3n) is 3.62. The van der Waals surface area contributed by atoms with Crippen molar-refractivity contribution in [1.82, 2.24) is 15.5 Å². The lowest BCUT2D eigenvalue weighted by Crippen LogP contribution is -2.48. The van der Waals surface area contributed by atoms with E-state index in [1.807, 2.05) is 11.3 Å². The Hall–Kier alpha value is -1.11. The van der Waals surface area contributed by atoms with Gasteiger partial charge >= 0.3 is 0 Å². The van der Waals surface area contributed by atoms with E-state index in [0.717, 1.165) is 45.4 Å². The molecule has 2 heterocycles. The van der Waals surface area contributed by atoms with E-state index in [1.54, 1.807) is 0 Å². The van der Waals surface area contributed by atoms with Crippen molar-refractivity contribution < 1.29 is 4.74 Å². The number of guanidine groups is 1. The van der Waals surface area contributed by atoms with E-state index in [9.17, 15) is 0 Å². The molecule has 0 bridgehead atoms. The van der Waals surface area contributed by atoms with E-state index in [1.165, 1.54) is 4.88 Å². The molecule has 2 N–H and O–H groups in total. The van der Waals surface area contributed by atoms with Gasteiger partial charge in [-0.1, -0.05) is 6.07 Å². The van der Waals surface area contributed by atoms with Crippen LogP contribution in [0.4, 0.5) is 0 Å². The summed E-state index contributed by atoms with van der Waals surface area (Å²) in [6, 6.07) is 4.66. The fraction of sp³-hybridized carbons (Fsp3) is 0.706. The third kappa shape index (κ3) is 6.12. The van der Waals surface area contributed by atoms with Crippen LogP contribution < -0.4 is 10.6 Å². The highest BCUT2D eigenvalue weighted by molar-refractivity contribution is 7.10. The summed E-state index contributed by atoms with van der Waals surface area (Å²) >= 11 is 1.81. The van der Waals surface area contributed by atoms with Gasteiger partial charge in [-0.3, -0.25) is 9.89 Å². The Morgan fingerprint density at radius 2 is 2.13 bits per heavy atom. The van der Waals surface area contributed by atoms with Crippen LogP contribution in [0.15, 0.2) is 22.5 Å². The van der Waals surface area contributed by atoms with Crippen LogP contribution in [-0.2, 0) is 4.74 Å². The first-order valence-electron chi connectivity index (χ1n) is 8.41.